The zero-order valence-electron chi connectivity index (χ0n) is 13.2. The summed E-state index contributed by atoms with van der Waals surface area (Å²) in [6.45, 7) is 1.89. The molecule has 2 rings (SSSR count). The molecule has 0 spiro atoms. The number of hydrogen-bond acceptors (Lipinski definition) is 2. The average molecular weight is 402 g/mol. The normalized spacial score (nSPS) is 16.3. The molecule has 0 heterocycles. The maximum Gasteiger partial charge on any atom is 0.191 e. The predicted molar refractivity (Wildman–Crippen MR) is 100 cm³/mol. The molecule has 1 aliphatic carbocycles. The second-order valence-corrected chi connectivity index (χ2v) is 5.67. The van der Waals surface area contributed by atoms with Crippen molar-refractivity contribution >= 4 is 29.9 Å². The van der Waals surface area contributed by atoms with E-state index in [1.807, 2.05) is 7.05 Å². The van der Waals surface area contributed by atoms with Gasteiger partial charge in [-0.05, 0) is 38.4 Å². The lowest BCUT2D eigenvalue weighted by Gasteiger charge is -2.26. The van der Waals surface area contributed by atoms with Crippen LogP contribution in [-0.2, 0) is 0 Å². The van der Waals surface area contributed by atoms with Gasteiger partial charge < -0.3 is 15.5 Å². The number of halogens is 1. The fourth-order valence-electron chi connectivity index (χ4n) is 2.25. The third-order valence-corrected chi connectivity index (χ3v) is 3.75. The quantitative estimate of drug-likeness (QED) is 0.437. The van der Waals surface area contributed by atoms with Gasteiger partial charge in [-0.1, -0.05) is 30.3 Å². The summed E-state index contributed by atoms with van der Waals surface area (Å²) < 4.78 is 0. The van der Waals surface area contributed by atoms with Crippen molar-refractivity contribution in [3.63, 3.8) is 0 Å². The lowest BCUT2D eigenvalue weighted by molar-refractivity contribution is 0.298. The van der Waals surface area contributed by atoms with E-state index in [1.54, 1.807) is 0 Å². The molecule has 118 valence electrons. The highest BCUT2D eigenvalue weighted by Gasteiger charge is 2.21. The number of nitrogens with one attached hydrogen (secondary N) is 2. The second kappa shape index (κ2) is 9.25. The Hall–Kier alpha value is -0.820. The molecule has 1 saturated carbocycles. The topological polar surface area (TPSA) is 39.7 Å². The van der Waals surface area contributed by atoms with Gasteiger partial charge in [-0.25, -0.2) is 0 Å². The number of guanidine groups is 1. The van der Waals surface area contributed by atoms with Crippen LogP contribution < -0.4 is 10.6 Å². The van der Waals surface area contributed by atoms with Gasteiger partial charge in [-0.3, -0.25) is 4.99 Å². The Morgan fingerprint density at radius 3 is 2.43 bits per heavy atom. The molecule has 4 nitrogen and oxygen atoms in total. The molecule has 0 aromatic heterocycles. The van der Waals surface area contributed by atoms with Crippen molar-refractivity contribution in [3.8, 4) is 0 Å². The summed E-state index contributed by atoms with van der Waals surface area (Å²) in [4.78, 5) is 6.52. The largest absolute Gasteiger partial charge is 0.356 e. The SMILES string of the molecule is CN=C(NCC1CC1)NCC(c1ccccc1)N(C)C.I. The molecule has 0 radical (unpaired) electrons. The Morgan fingerprint density at radius 1 is 1.24 bits per heavy atom. The van der Waals surface area contributed by atoms with Crippen molar-refractivity contribution < 1.29 is 0 Å². The lowest BCUT2D eigenvalue weighted by Crippen LogP contribution is -2.42. The van der Waals surface area contributed by atoms with E-state index < -0.39 is 0 Å². The van der Waals surface area contributed by atoms with Gasteiger partial charge in [0, 0.05) is 20.1 Å². The highest BCUT2D eigenvalue weighted by molar-refractivity contribution is 14.0. The summed E-state index contributed by atoms with van der Waals surface area (Å²) in [6.07, 6.45) is 2.71. The highest BCUT2D eigenvalue weighted by atomic mass is 127. The molecule has 0 saturated heterocycles. The van der Waals surface area contributed by atoms with Crippen LogP contribution in [0.1, 0.15) is 24.4 Å². The molecule has 5 heteroatoms. The number of benzene rings is 1. The minimum absolute atomic E-state index is 0. The van der Waals surface area contributed by atoms with Gasteiger partial charge in [0.25, 0.3) is 0 Å². The van der Waals surface area contributed by atoms with Gasteiger partial charge in [0.15, 0.2) is 5.96 Å². The molecule has 0 aliphatic heterocycles. The zero-order chi connectivity index (χ0) is 14.4. The van der Waals surface area contributed by atoms with Crippen LogP contribution >= 0.6 is 24.0 Å². The van der Waals surface area contributed by atoms with Crippen molar-refractivity contribution in [2.75, 3.05) is 34.2 Å². The lowest BCUT2D eigenvalue weighted by atomic mass is 10.1. The third-order valence-electron chi connectivity index (χ3n) is 3.75. The van der Waals surface area contributed by atoms with Crippen LogP contribution in [0.5, 0.6) is 0 Å². The maximum atomic E-state index is 4.29. The predicted octanol–water partition coefficient (Wildman–Crippen LogP) is 2.48. The van der Waals surface area contributed by atoms with Crippen LogP contribution in [0, 0.1) is 5.92 Å². The molecule has 0 bridgehead atoms. The Labute approximate surface area is 145 Å². The fourth-order valence-corrected chi connectivity index (χ4v) is 2.25. The van der Waals surface area contributed by atoms with E-state index in [2.05, 4.69) is 65.0 Å². The van der Waals surface area contributed by atoms with Gasteiger partial charge in [0.2, 0.25) is 0 Å². The van der Waals surface area contributed by atoms with Crippen LogP contribution in [0.15, 0.2) is 35.3 Å². The third kappa shape index (κ3) is 6.22. The van der Waals surface area contributed by atoms with Crippen LogP contribution in [-0.4, -0.2) is 45.1 Å². The number of nitrogens with zero attached hydrogens (tertiary/aromatic N) is 2. The first-order chi connectivity index (χ1) is 9.70. The van der Waals surface area contributed by atoms with Gasteiger partial charge in [0.05, 0.1) is 6.04 Å². The molecule has 1 aromatic rings. The summed E-state index contributed by atoms with van der Waals surface area (Å²) in [6, 6.07) is 10.9. The van der Waals surface area contributed by atoms with Crippen LogP contribution in [0.3, 0.4) is 0 Å². The number of aliphatic imine (C=N–C) groups is 1. The fraction of sp³-hybridized carbons (Fsp3) is 0.562. The molecule has 1 aromatic carbocycles. The summed E-state index contributed by atoms with van der Waals surface area (Å²) in [5.41, 5.74) is 1.32. The minimum Gasteiger partial charge on any atom is -0.356 e. The molecular formula is C16H27IN4. The Morgan fingerprint density at radius 2 is 1.90 bits per heavy atom. The zero-order valence-corrected chi connectivity index (χ0v) is 15.5. The summed E-state index contributed by atoms with van der Waals surface area (Å²) >= 11 is 0. The van der Waals surface area contributed by atoms with E-state index in [-0.39, 0.29) is 24.0 Å². The molecule has 2 N–H and O–H groups in total. The first-order valence-corrected chi connectivity index (χ1v) is 7.36. The number of hydrogen-bond donors (Lipinski definition) is 2. The second-order valence-electron chi connectivity index (χ2n) is 5.67. The number of rotatable bonds is 6. The van der Waals surface area contributed by atoms with Crippen molar-refractivity contribution in [2.24, 2.45) is 10.9 Å². The van der Waals surface area contributed by atoms with E-state index in [0.29, 0.717) is 6.04 Å². The minimum atomic E-state index is 0. The van der Waals surface area contributed by atoms with E-state index in [0.717, 1.165) is 25.0 Å². The Kier molecular flexibility index (Phi) is 8.03. The molecule has 1 unspecified atom stereocenters. The average Bonchev–Trinajstić information content (AvgIpc) is 3.27. The Balaban J connectivity index is 0.00000220. The van der Waals surface area contributed by atoms with E-state index >= 15 is 0 Å². The van der Waals surface area contributed by atoms with Crippen molar-refractivity contribution in [1.29, 1.82) is 0 Å². The molecular weight excluding hydrogens is 375 g/mol. The van der Waals surface area contributed by atoms with Crippen molar-refractivity contribution in [2.45, 2.75) is 18.9 Å². The van der Waals surface area contributed by atoms with Crippen molar-refractivity contribution in [3.05, 3.63) is 35.9 Å². The summed E-state index contributed by atoms with van der Waals surface area (Å²) in [5, 5.41) is 6.83. The number of likely N-dealkylation sites (N-methyl/N-ethyl adjacent to an activating group) is 1. The van der Waals surface area contributed by atoms with Crippen molar-refractivity contribution in [1.82, 2.24) is 15.5 Å². The smallest absolute Gasteiger partial charge is 0.191 e. The van der Waals surface area contributed by atoms with Crippen LogP contribution in [0.2, 0.25) is 0 Å². The van der Waals surface area contributed by atoms with Crippen LogP contribution in [0.25, 0.3) is 0 Å². The maximum absolute atomic E-state index is 4.29. The summed E-state index contributed by atoms with van der Waals surface area (Å²) in [7, 11) is 6.05. The molecule has 1 aliphatic rings. The monoisotopic (exact) mass is 402 g/mol. The van der Waals surface area contributed by atoms with Gasteiger partial charge >= 0.3 is 0 Å². The Bertz CT molecular complexity index is 429. The van der Waals surface area contributed by atoms with E-state index in [4.69, 9.17) is 0 Å². The highest BCUT2D eigenvalue weighted by Crippen LogP contribution is 2.27. The first kappa shape index (κ1) is 18.2. The molecule has 1 atom stereocenters. The van der Waals surface area contributed by atoms with E-state index in [9.17, 15) is 0 Å². The van der Waals surface area contributed by atoms with Gasteiger partial charge in [-0.15, -0.1) is 24.0 Å². The van der Waals surface area contributed by atoms with Gasteiger partial charge in [-0.2, -0.15) is 0 Å². The first-order valence-electron chi connectivity index (χ1n) is 7.36. The van der Waals surface area contributed by atoms with Gasteiger partial charge in [0.1, 0.15) is 0 Å². The van der Waals surface area contributed by atoms with E-state index in [1.165, 1.54) is 18.4 Å². The molecule has 0 amide bonds. The molecule has 1 fully saturated rings. The van der Waals surface area contributed by atoms with Crippen LogP contribution in [0.4, 0.5) is 0 Å². The summed E-state index contributed by atoms with van der Waals surface area (Å²) in [5.74, 6) is 1.76. The molecule has 21 heavy (non-hydrogen) atoms. The standard InChI is InChI=1S/C16H26N4.HI/c1-17-16(18-11-13-9-10-13)19-12-15(20(2)3)14-7-5-4-6-8-14;/h4-8,13,15H,9-12H2,1-3H3,(H2,17,18,19);1H.